The number of hydrogen-bond acceptors (Lipinski definition) is 5. The number of aromatic nitrogens is 5. The van der Waals surface area contributed by atoms with Crippen molar-refractivity contribution < 1.29 is 4.79 Å². The van der Waals surface area contributed by atoms with E-state index in [1.54, 1.807) is 18.6 Å². The number of aryl methyl sites for hydroxylation is 1. The van der Waals surface area contributed by atoms with Crippen LogP contribution in [-0.4, -0.2) is 48.4 Å². The molecule has 7 nitrogen and oxygen atoms in total. The smallest absolute Gasteiger partial charge is 0.227 e. The van der Waals surface area contributed by atoms with Crippen molar-refractivity contribution in [2.24, 2.45) is 0 Å². The Morgan fingerprint density at radius 3 is 2.68 bits per heavy atom. The number of pyridine rings is 1. The van der Waals surface area contributed by atoms with Gasteiger partial charge in [-0.2, -0.15) is 0 Å². The van der Waals surface area contributed by atoms with Crippen LogP contribution in [0.4, 0.5) is 0 Å². The zero-order chi connectivity index (χ0) is 21.2. The molecule has 5 rings (SSSR count). The maximum Gasteiger partial charge on any atom is 0.227 e. The monoisotopic (exact) mass is 412 g/mol. The summed E-state index contributed by atoms with van der Waals surface area (Å²) < 4.78 is 2.12. The molecule has 1 aromatic carbocycles. The molecule has 0 radical (unpaired) electrons. The number of amides is 1. The topological polar surface area (TPSA) is 76.8 Å². The molecule has 1 saturated heterocycles. The van der Waals surface area contributed by atoms with Crippen LogP contribution < -0.4 is 0 Å². The third-order valence-corrected chi connectivity index (χ3v) is 6.06. The Balaban J connectivity index is 1.30. The number of hydrogen-bond donors (Lipinski definition) is 0. The summed E-state index contributed by atoms with van der Waals surface area (Å²) in [6.07, 6.45) is 9.32. The van der Waals surface area contributed by atoms with E-state index in [9.17, 15) is 4.79 Å². The molecule has 0 atom stereocenters. The zero-order valence-corrected chi connectivity index (χ0v) is 17.5. The molecule has 31 heavy (non-hydrogen) atoms. The van der Waals surface area contributed by atoms with Gasteiger partial charge in [-0.15, -0.1) is 0 Å². The van der Waals surface area contributed by atoms with Gasteiger partial charge >= 0.3 is 0 Å². The van der Waals surface area contributed by atoms with Crippen molar-refractivity contribution in [1.82, 2.24) is 29.4 Å². The number of carbonyl (C=O) groups excluding carboxylic acids is 1. The summed E-state index contributed by atoms with van der Waals surface area (Å²) in [5.74, 6) is 0.196. The highest BCUT2D eigenvalue weighted by atomic mass is 16.2. The van der Waals surface area contributed by atoms with E-state index in [2.05, 4.69) is 32.5 Å². The van der Waals surface area contributed by atoms with Crippen molar-refractivity contribution in [2.75, 3.05) is 13.1 Å². The molecule has 156 valence electrons. The van der Waals surface area contributed by atoms with Gasteiger partial charge in [-0.1, -0.05) is 24.3 Å². The largest absolute Gasteiger partial charge is 0.342 e. The minimum absolute atomic E-state index is 0.196. The van der Waals surface area contributed by atoms with E-state index in [1.807, 2.05) is 41.6 Å². The number of likely N-dealkylation sites (tertiary alicyclic amines) is 1. The molecule has 1 amide bonds. The van der Waals surface area contributed by atoms with Gasteiger partial charge in [0.05, 0.1) is 24.6 Å². The predicted octanol–water partition coefficient (Wildman–Crippen LogP) is 3.60. The lowest BCUT2D eigenvalue weighted by Gasteiger charge is -2.33. The summed E-state index contributed by atoms with van der Waals surface area (Å²) in [5.41, 5.74) is 5.42. The lowest BCUT2D eigenvalue weighted by Crippen LogP contribution is -2.39. The van der Waals surface area contributed by atoms with Gasteiger partial charge in [0.15, 0.2) is 11.3 Å². The highest BCUT2D eigenvalue weighted by Crippen LogP contribution is 2.27. The summed E-state index contributed by atoms with van der Waals surface area (Å²) in [6.45, 7) is 3.54. The summed E-state index contributed by atoms with van der Waals surface area (Å²) in [6, 6.07) is 12.2. The maximum atomic E-state index is 12.8. The normalized spacial score (nSPS) is 14.8. The van der Waals surface area contributed by atoms with E-state index < -0.39 is 0 Å². The number of imidazole rings is 1. The molecule has 0 saturated carbocycles. The van der Waals surface area contributed by atoms with Crippen LogP contribution in [0.25, 0.3) is 22.6 Å². The first-order valence-electron chi connectivity index (χ1n) is 10.6. The number of carbonyl (C=O) groups is 1. The van der Waals surface area contributed by atoms with Gasteiger partial charge in [-0.05, 0) is 43.0 Å². The van der Waals surface area contributed by atoms with E-state index in [0.717, 1.165) is 48.4 Å². The molecular weight excluding hydrogens is 388 g/mol. The molecule has 1 aliphatic heterocycles. The van der Waals surface area contributed by atoms with Crippen molar-refractivity contribution in [3.8, 4) is 11.3 Å². The van der Waals surface area contributed by atoms with Crippen molar-refractivity contribution in [1.29, 1.82) is 0 Å². The Labute approximate surface area is 180 Å². The molecule has 3 aromatic heterocycles. The van der Waals surface area contributed by atoms with E-state index >= 15 is 0 Å². The number of rotatable bonds is 4. The molecule has 0 N–H and O–H groups in total. The standard InChI is InChI=1S/C24H24N6O/c1-17-5-2-3-6-18(17)13-22(31)29-11-8-20(9-12-29)30-16-27-23-24(30)28-21(15-26-23)19-7-4-10-25-14-19/h2-7,10,14-16,20H,8-9,11-13H2,1H3. The van der Waals surface area contributed by atoms with Crippen molar-refractivity contribution in [2.45, 2.75) is 32.2 Å². The summed E-state index contributed by atoms with van der Waals surface area (Å²) in [5, 5.41) is 0. The average Bonchev–Trinajstić information content (AvgIpc) is 3.24. The van der Waals surface area contributed by atoms with Crippen LogP contribution in [0.3, 0.4) is 0 Å². The van der Waals surface area contributed by atoms with Crippen LogP contribution >= 0.6 is 0 Å². The second-order valence-electron chi connectivity index (χ2n) is 8.01. The van der Waals surface area contributed by atoms with Gasteiger partial charge in [0.25, 0.3) is 0 Å². The van der Waals surface area contributed by atoms with Gasteiger partial charge in [-0.25, -0.2) is 15.0 Å². The molecule has 0 spiro atoms. The minimum atomic E-state index is 0.196. The molecular formula is C24H24N6O. The third kappa shape index (κ3) is 3.91. The Kier molecular flexibility index (Phi) is 5.16. The highest BCUT2D eigenvalue weighted by Gasteiger charge is 2.25. The Morgan fingerprint density at radius 1 is 1.06 bits per heavy atom. The predicted molar refractivity (Wildman–Crippen MR) is 118 cm³/mol. The minimum Gasteiger partial charge on any atom is -0.342 e. The van der Waals surface area contributed by atoms with E-state index in [1.165, 1.54) is 5.56 Å². The fourth-order valence-corrected chi connectivity index (χ4v) is 4.21. The molecule has 7 heteroatoms. The first kappa shape index (κ1) is 19.4. The number of benzene rings is 1. The molecule has 0 unspecified atom stereocenters. The van der Waals surface area contributed by atoms with Gasteiger partial charge in [0.1, 0.15) is 0 Å². The number of piperidine rings is 1. The van der Waals surface area contributed by atoms with E-state index in [4.69, 9.17) is 4.98 Å². The average molecular weight is 412 g/mol. The van der Waals surface area contributed by atoms with Crippen LogP contribution in [0.15, 0.2) is 61.3 Å². The second kappa shape index (κ2) is 8.26. The quantitative estimate of drug-likeness (QED) is 0.512. The van der Waals surface area contributed by atoms with Crippen molar-refractivity contribution in [3.05, 3.63) is 72.4 Å². The third-order valence-electron chi connectivity index (χ3n) is 6.06. The SMILES string of the molecule is Cc1ccccc1CC(=O)N1CCC(n2cnc3ncc(-c4cccnc4)nc32)CC1. The summed E-state index contributed by atoms with van der Waals surface area (Å²) in [4.78, 5) is 32.7. The lowest BCUT2D eigenvalue weighted by molar-refractivity contribution is -0.131. The van der Waals surface area contributed by atoms with Crippen LogP contribution in [0.2, 0.25) is 0 Å². The van der Waals surface area contributed by atoms with Crippen LogP contribution in [-0.2, 0) is 11.2 Å². The van der Waals surface area contributed by atoms with Crippen molar-refractivity contribution in [3.63, 3.8) is 0 Å². The second-order valence-corrected chi connectivity index (χ2v) is 8.01. The van der Waals surface area contributed by atoms with Crippen LogP contribution in [0.1, 0.15) is 30.0 Å². The molecule has 1 aliphatic rings. The van der Waals surface area contributed by atoms with Gasteiger partial charge < -0.3 is 9.47 Å². The lowest BCUT2D eigenvalue weighted by atomic mass is 10.0. The molecule has 4 heterocycles. The van der Waals surface area contributed by atoms with Crippen LogP contribution in [0, 0.1) is 6.92 Å². The molecule has 4 aromatic rings. The molecule has 0 aliphatic carbocycles. The summed E-state index contributed by atoms with van der Waals surface area (Å²) in [7, 11) is 0. The fraction of sp³-hybridized carbons (Fsp3) is 0.292. The maximum absolute atomic E-state index is 12.8. The van der Waals surface area contributed by atoms with Gasteiger partial charge in [-0.3, -0.25) is 9.78 Å². The van der Waals surface area contributed by atoms with Gasteiger partial charge in [0, 0.05) is 37.1 Å². The Morgan fingerprint density at radius 2 is 1.90 bits per heavy atom. The summed E-state index contributed by atoms with van der Waals surface area (Å²) >= 11 is 0. The van der Waals surface area contributed by atoms with E-state index in [-0.39, 0.29) is 11.9 Å². The highest BCUT2D eigenvalue weighted by molar-refractivity contribution is 5.79. The van der Waals surface area contributed by atoms with Crippen LogP contribution in [0.5, 0.6) is 0 Å². The first-order valence-corrected chi connectivity index (χ1v) is 10.6. The Hall–Kier alpha value is -3.61. The number of nitrogens with zero attached hydrogens (tertiary/aromatic N) is 6. The van der Waals surface area contributed by atoms with Gasteiger partial charge in [0.2, 0.25) is 5.91 Å². The molecule has 1 fully saturated rings. The first-order chi connectivity index (χ1) is 15.2. The van der Waals surface area contributed by atoms with E-state index in [0.29, 0.717) is 12.1 Å². The fourth-order valence-electron chi connectivity index (χ4n) is 4.21. The Bertz CT molecular complexity index is 1210. The number of fused-ring (bicyclic) bond motifs is 1. The van der Waals surface area contributed by atoms with Crippen molar-refractivity contribution >= 4 is 17.2 Å². The zero-order valence-electron chi connectivity index (χ0n) is 17.5. The molecule has 0 bridgehead atoms.